The number of benzene rings is 2. The van der Waals surface area contributed by atoms with Gasteiger partial charge in [-0.1, -0.05) is 35.9 Å². The molecular weight excluding hydrogens is 380 g/mol. The summed E-state index contributed by atoms with van der Waals surface area (Å²) in [6, 6.07) is 12.6. The highest BCUT2D eigenvalue weighted by atomic mass is 35.5. The first-order valence-corrected chi connectivity index (χ1v) is 9.95. The lowest BCUT2D eigenvalue weighted by molar-refractivity contribution is 0.100. The summed E-state index contributed by atoms with van der Waals surface area (Å²) in [5.41, 5.74) is 6.78. The molecule has 1 heterocycles. The molecule has 0 saturated heterocycles. The highest BCUT2D eigenvalue weighted by Crippen LogP contribution is 2.30. The minimum Gasteiger partial charge on any atom is -0.456 e. The summed E-state index contributed by atoms with van der Waals surface area (Å²) in [5.74, 6) is 0.651. The van der Waals surface area contributed by atoms with Crippen LogP contribution in [0.4, 0.5) is 0 Å². The van der Waals surface area contributed by atoms with Gasteiger partial charge in [0.25, 0.3) is 0 Å². The summed E-state index contributed by atoms with van der Waals surface area (Å²) >= 11 is 7.95. The van der Waals surface area contributed by atoms with Crippen molar-refractivity contribution in [2.24, 2.45) is 5.73 Å². The van der Waals surface area contributed by atoms with E-state index in [1.807, 2.05) is 24.3 Å². The fourth-order valence-electron chi connectivity index (χ4n) is 2.58. The lowest BCUT2D eigenvalue weighted by Gasteiger charge is -2.10. The molecule has 0 saturated carbocycles. The zero-order chi connectivity index (χ0) is 19.1. The lowest BCUT2D eigenvalue weighted by Crippen LogP contribution is -2.14. The predicted octanol–water partition coefficient (Wildman–Crippen LogP) is 5.25. The molecule has 0 aliphatic carbocycles. The Labute approximate surface area is 168 Å². The standard InChI is InChI=1S/C21H21ClN2O2S/c22-19-13-16(21(23)25)6-9-20(19)26-17-7-4-15(5-8-17)14-24-11-10-18-3-1-2-12-27-18/h2-9,12-13,24H,1,10-11,14H2,(H2,23,25). The number of carbonyl (C=O) groups excluding carboxylic acids is 1. The molecule has 0 unspecified atom stereocenters. The number of allylic oxidation sites excluding steroid dienone is 2. The monoisotopic (exact) mass is 400 g/mol. The molecule has 27 heavy (non-hydrogen) atoms. The number of amides is 1. The van der Waals surface area contributed by atoms with Gasteiger partial charge in [0.05, 0.1) is 5.02 Å². The first-order chi connectivity index (χ1) is 13.1. The third kappa shape index (κ3) is 5.89. The Balaban J connectivity index is 1.48. The molecular formula is C21H21ClN2O2S. The maximum Gasteiger partial charge on any atom is 0.248 e. The minimum absolute atomic E-state index is 0.349. The van der Waals surface area contributed by atoms with Crippen LogP contribution in [0.2, 0.25) is 5.02 Å². The van der Waals surface area contributed by atoms with Crippen molar-refractivity contribution in [1.29, 1.82) is 0 Å². The molecule has 1 aliphatic heterocycles. The van der Waals surface area contributed by atoms with Gasteiger partial charge in [0.2, 0.25) is 5.91 Å². The van der Waals surface area contributed by atoms with Gasteiger partial charge in [-0.05, 0) is 65.6 Å². The summed E-state index contributed by atoms with van der Waals surface area (Å²) in [6.07, 6.45) is 6.54. The second-order valence-corrected chi connectivity index (χ2v) is 7.52. The van der Waals surface area contributed by atoms with Gasteiger partial charge in [0.1, 0.15) is 11.5 Å². The van der Waals surface area contributed by atoms with Crippen molar-refractivity contribution in [2.75, 3.05) is 6.54 Å². The number of nitrogens with one attached hydrogen (secondary N) is 1. The fraction of sp³-hybridized carbons (Fsp3) is 0.190. The zero-order valence-corrected chi connectivity index (χ0v) is 16.4. The summed E-state index contributed by atoms with van der Waals surface area (Å²) in [7, 11) is 0. The van der Waals surface area contributed by atoms with Gasteiger partial charge in [-0.3, -0.25) is 4.79 Å². The first-order valence-electron chi connectivity index (χ1n) is 8.69. The van der Waals surface area contributed by atoms with Crippen molar-refractivity contribution in [3.63, 3.8) is 0 Å². The van der Waals surface area contributed by atoms with Crippen LogP contribution in [0.5, 0.6) is 11.5 Å². The summed E-state index contributed by atoms with van der Waals surface area (Å²) in [6.45, 7) is 1.76. The van der Waals surface area contributed by atoms with Crippen molar-refractivity contribution in [2.45, 2.75) is 19.4 Å². The van der Waals surface area contributed by atoms with Gasteiger partial charge in [-0.25, -0.2) is 0 Å². The maximum absolute atomic E-state index is 11.2. The number of rotatable bonds is 8. The van der Waals surface area contributed by atoms with E-state index < -0.39 is 5.91 Å². The summed E-state index contributed by atoms with van der Waals surface area (Å²) < 4.78 is 5.78. The number of primary amides is 1. The second kappa shape index (κ2) is 9.65. The Hall–Kier alpha value is -2.21. The van der Waals surface area contributed by atoms with Gasteiger partial charge in [0, 0.05) is 12.1 Å². The van der Waals surface area contributed by atoms with E-state index in [4.69, 9.17) is 22.1 Å². The van der Waals surface area contributed by atoms with Gasteiger partial charge in [-0.2, -0.15) is 0 Å². The molecule has 1 amide bonds. The highest BCUT2D eigenvalue weighted by molar-refractivity contribution is 8.05. The lowest BCUT2D eigenvalue weighted by atomic mass is 10.2. The molecule has 2 aromatic rings. The van der Waals surface area contributed by atoms with Crippen LogP contribution in [0.1, 0.15) is 28.8 Å². The number of nitrogens with two attached hydrogens (primary N) is 1. The molecule has 0 fully saturated rings. The van der Waals surface area contributed by atoms with E-state index >= 15 is 0 Å². The summed E-state index contributed by atoms with van der Waals surface area (Å²) in [4.78, 5) is 12.6. The molecule has 1 aliphatic rings. The van der Waals surface area contributed by atoms with Crippen LogP contribution in [0, 0.1) is 0 Å². The van der Waals surface area contributed by atoms with Crippen LogP contribution >= 0.6 is 23.4 Å². The third-order valence-corrected chi connectivity index (χ3v) is 5.34. The van der Waals surface area contributed by atoms with E-state index in [0.29, 0.717) is 22.1 Å². The smallest absolute Gasteiger partial charge is 0.248 e. The quantitative estimate of drug-likeness (QED) is 0.594. The Morgan fingerprint density at radius 3 is 2.70 bits per heavy atom. The fourth-order valence-corrected chi connectivity index (χ4v) is 3.60. The van der Waals surface area contributed by atoms with Crippen molar-refractivity contribution in [3.05, 3.63) is 81.1 Å². The molecule has 4 nitrogen and oxygen atoms in total. The van der Waals surface area contributed by atoms with E-state index in [2.05, 4.69) is 22.9 Å². The molecule has 3 N–H and O–H groups in total. The molecule has 140 valence electrons. The maximum atomic E-state index is 11.2. The van der Waals surface area contributed by atoms with Crippen molar-refractivity contribution < 1.29 is 9.53 Å². The average Bonchev–Trinajstić information content (AvgIpc) is 2.68. The van der Waals surface area contributed by atoms with Gasteiger partial charge in [0.15, 0.2) is 0 Å². The van der Waals surface area contributed by atoms with Crippen LogP contribution in [-0.2, 0) is 6.54 Å². The SMILES string of the molecule is NC(=O)c1ccc(Oc2ccc(CNCCC3=CCC=CS3)cc2)c(Cl)c1. The predicted molar refractivity (Wildman–Crippen MR) is 112 cm³/mol. The number of thioether (sulfide) groups is 1. The van der Waals surface area contributed by atoms with Crippen molar-refractivity contribution in [3.8, 4) is 11.5 Å². The summed E-state index contributed by atoms with van der Waals surface area (Å²) in [5, 5.41) is 5.96. The van der Waals surface area contributed by atoms with Crippen LogP contribution in [0.25, 0.3) is 0 Å². The number of ether oxygens (including phenoxy) is 1. The van der Waals surface area contributed by atoms with Crippen LogP contribution in [-0.4, -0.2) is 12.5 Å². The molecule has 0 atom stereocenters. The van der Waals surface area contributed by atoms with Gasteiger partial charge in [-0.15, -0.1) is 11.8 Å². The number of hydrogen-bond donors (Lipinski definition) is 2. The number of halogens is 1. The number of carbonyl (C=O) groups is 1. The average molecular weight is 401 g/mol. The molecule has 0 aromatic heterocycles. The number of hydrogen-bond acceptors (Lipinski definition) is 4. The molecule has 2 aromatic carbocycles. The van der Waals surface area contributed by atoms with Crippen molar-refractivity contribution >= 4 is 29.3 Å². The van der Waals surface area contributed by atoms with Crippen LogP contribution in [0.3, 0.4) is 0 Å². The topological polar surface area (TPSA) is 64.4 Å². The van der Waals surface area contributed by atoms with Gasteiger partial charge < -0.3 is 15.8 Å². The zero-order valence-electron chi connectivity index (χ0n) is 14.8. The Kier molecular flexibility index (Phi) is 6.98. The first kappa shape index (κ1) is 19.5. The Morgan fingerprint density at radius 2 is 2.04 bits per heavy atom. The highest BCUT2D eigenvalue weighted by Gasteiger charge is 2.08. The van der Waals surface area contributed by atoms with E-state index in [1.54, 1.807) is 23.9 Å². The van der Waals surface area contributed by atoms with Crippen molar-refractivity contribution in [1.82, 2.24) is 5.32 Å². The second-order valence-electron chi connectivity index (χ2n) is 6.08. The molecule has 0 radical (unpaired) electrons. The van der Waals surface area contributed by atoms with Crippen LogP contribution < -0.4 is 15.8 Å². The van der Waals surface area contributed by atoms with E-state index in [-0.39, 0.29) is 0 Å². The van der Waals surface area contributed by atoms with E-state index in [9.17, 15) is 4.79 Å². The largest absolute Gasteiger partial charge is 0.456 e. The normalized spacial score (nSPS) is 13.3. The third-order valence-electron chi connectivity index (χ3n) is 4.04. The molecule has 6 heteroatoms. The molecule has 0 bridgehead atoms. The minimum atomic E-state index is -0.518. The van der Waals surface area contributed by atoms with Crippen LogP contribution in [0.15, 0.2) is 64.9 Å². The Morgan fingerprint density at radius 1 is 1.22 bits per heavy atom. The van der Waals surface area contributed by atoms with Gasteiger partial charge >= 0.3 is 0 Å². The molecule has 3 rings (SSSR count). The molecule has 0 spiro atoms. The van der Waals surface area contributed by atoms with E-state index in [1.165, 1.54) is 16.5 Å². The van der Waals surface area contributed by atoms with E-state index in [0.717, 1.165) is 25.9 Å². The Bertz CT molecular complexity index is 863.